The van der Waals surface area contributed by atoms with Crippen LogP contribution < -0.4 is 0 Å². The molecule has 0 aromatic carbocycles. The highest BCUT2D eigenvalue weighted by Gasteiger charge is 2.33. The van der Waals surface area contributed by atoms with Crippen molar-refractivity contribution in [2.24, 2.45) is 0 Å². The molecule has 1 saturated carbocycles. The van der Waals surface area contributed by atoms with Crippen molar-refractivity contribution in [2.45, 2.75) is 50.5 Å². The maximum absolute atomic E-state index is 12.8. The fraction of sp³-hybridized carbons (Fsp3) is 0.455. The Morgan fingerprint density at radius 1 is 1.11 bits per heavy atom. The maximum Gasteiger partial charge on any atom is 0.227 e. The molecule has 144 valence electrons. The first-order chi connectivity index (χ1) is 13.8. The van der Waals surface area contributed by atoms with E-state index in [1.54, 1.807) is 12.4 Å². The largest absolute Gasteiger partial charge is 0.340 e. The molecule has 1 aliphatic heterocycles. The van der Waals surface area contributed by atoms with Crippen LogP contribution in [0.15, 0.2) is 42.9 Å². The van der Waals surface area contributed by atoms with Crippen LogP contribution in [-0.2, 0) is 11.2 Å². The van der Waals surface area contributed by atoms with Crippen LogP contribution in [-0.4, -0.2) is 43.4 Å². The van der Waals surface area contributed by atoms with E-state index in [0.717, 1.165) is 36.2 Å². The summed E-state index contributed by atoms with van der Waals surface area (Å²) in [6, 6.07) is 8.11. The van der Waals surface area contributed by atoms with E-state index in [-0.39, 0.29) is 11.9 Å². The number of pyridine rings is 2. The summed E-state index contributed by atoms with van der Waals surface area (Å²) < 4.78 is 2.35. The van der Waals surface area contributed by atoms with Crippen LogP contribution in [0.2, 0.25) is 0 Å². The summed E-state index contributed by atoms with van der Waals surface area (Å²) in [5, 5.41) is 0. The Morgan fingerprint density at radius 3 is 2.79 bits per heavy atom. The molecule has 3 aromatic heterocycles. The number of aromatic nitrogens is 4. The van der Waals surface area contributed by atoms with Crippen molar-refractivity contribution < 1.29 is 4.79 Å². The van der Waals surface area contributed by atoms with Gasteiger partial charge in [-0.05, 0) is 43.0 Å². The average molecular weight is 375 g/mol. The number of carbonyl (C=O) groups is 1. The van der Waals surface area contributed by atoms with Crippen LogP contribution in [0.1, 0.15) is 55.5 Å². The maximum atomic E-state index is 12.8. The van der Waals surface area contributed by atoms with Gasteiger partial charge in [0.25, 0.3) is 0 Å². The van der Waals surface area contributed by atoms with E-state index in [1.807, 2.05) is 29.3 Å². The number of amides is 1. The third-order valence-electron chi connectivity index (χ3n) is 6.16. The van der Waals surface area contributed by atoms with E-state index >= 15 is 0 Å². The molecule has 5 rings (SSSR count). The molecule has 0 spiro atoms. The molecule has 1 atom stereocenters. The lowest BCUT2D eigenvalue weighted by molar-refractivity contribution is -0.129. The second-order valence-corrected chi connectivity index (χ2v) is 7.99. The third-order valence-corrected chi connectivity index (χ3v) is 6.16. The molecule has 3 aromatic rings. The van der Waals surface area contributed by atoms with E-state index in [4.69, 9.17) is 4.98 Å². The smallest absolute Gasteiger partial charge is 0.227 e. The Bertz CT molecular complexity index is 977. The van der Waals surface area contributed by atoms with Gasteiger partial charge in [0, 0.05) is 37.6 Å². The van der Waals surface area contributed by atoms with Gasteiger partial charge in [0.1, 0.15) is 11.3 Å². The van der Waals surface area contributed by atoms with Crippen molar-refractivity contribution in [3.63, 3.8) is 0 Å². The van der Waals surface area contributed by atoms with Gasteiger partial charge in [0.05, 0.1) is 12.5 Å². The van der Waals surface area contributed by atoms with Crippen molar-refractivity contribution in [1.29, 1.82) is 0 Å². The van der Waals surface area contributed by atoms with Gasteiger partial charge in [0.15, 0.2) is 5.65 Å². The number of hydrogen-bond donors (Lipinski definition) is 0. The highest BCUT2D eigenvalue weighted by Crippen LogP contribution is 2.38. The van der Waals surface area contributed by atoms with Crippen molar-refractivity contribution in [2.75, 3.05) is 13.1 Å². The number of hydrogen-bond acceptors (Lipinski definition) is 4. The molecule has 1 aliphatic carbocycles. The van der Waals surface area contributed by atoms with Gasteiger partial charge in [-0.1, -0.05) is 18.9 Å². The fourth-order valence-corrected chi connectivity index (χ4v) is 4.75. The molecule has 6 heteroatoms. The van der Waals surface area contributed by atoms with Gasteiger partial charge < -0.3 is 9.47 Å². The fourth-order valence-electron chi connectivity index (χ4n) is 4.75. The summed E-state index contributed by atoms with van der Waals surface area (Å²) in [6.45, 7) is 1.53. The zero-order valence-electron chi connectivity index (χ0n) is 16.0. The van der Waals surface area contributed by atoms with Crippen molar-refractivity contribution in [1.82, 2.24) is 24.4 Å². The Kier molecular flexibility index (Phi) is 4.55. The molecular weight excluding hydrogens is 350 g/mol. The first-order valence-corrected chi connectivity index (χ1v) is 10.3. The zero-order valence-corrected chi connectivity index (χ0v) is 16.0. The average Bonchev–Trinajstić information content (AvgIpc) is 3.46. The van der Waals surface area contributed by atoms with Crippen LogP contribution in [0.25, 0.3) is 11.2 Å². The lowest BCUT2D eigenvalue weighted by Crippen LogP contribution is -2.30. The van der Waals surface area contributed by atoms with Gasteiger partial charge in [-0.25, -0.2) is 9.97 Å². The zero-order chi connectivity index (χ0) is 18.9. The predicted octanol–water partition coefficient (Wildman–Crippen LogP) is 3.50. The van der Waals surface area contributed by atoms with E-state index < -0.39 is 0 Å². The summed E-state index contributed by atoms with van der Waals surface area (Å²) in [5.74, 6) is 1.88. The van der Waals surface area contributed by atoms with Gasteiger partial charge in [-0.15, -0.1) is 0 Å². The first kappa shape index (κ1) is 17.3. The second kappa shape index (κ2) is 7.34. The SMILES string of the molecule is O=C(Cc1cccnc1)N1CCC(n2c(C3CCCC3)nc3cccnc32)C1. The number of rotatable bonds is 4. The highest BCUT2D eigenvalue weighted by atomic mass is 16.2. The summed E-state index contributed by atoms with van der Waals surface area (Å²) in [7, 11) is 0. The van der Waals surface area contributed by atoms with Crippen LogP contribution in [0, 0.1) is 0 Å². The van der Waals surface area contributed by atoms with Gasteiger partial charge in [0.2, 0.25) is 5.91 Å². The number of nitrogens with zero attached hydrogens (tertiary/aromatic N) is 5. The molecule has 0 bridgehead atoms. The molecule has 2 fully saturated rings. The van der Waals surface area contributed by atoms with Gasteiger partial charge in [-0.2, -0.15) is 0 Å². The lowest BCUT2D eigenvalue weighted by Gasteiger charge is -2.20. The monoisotopic (exact) mass is 375 g/mol. The van der Waals surface area contributed by atoms with Crippen LogP contribution in [0.4, 0.5) is 0 Å². The second-order valence-electron chi connectivity index (χ2n) is 7.99. The van der Waals surface area contributed by atoms with Crippen LogP contribution in [0.3, 0.4) is 0 Å². The van der Waals surface area contributed by atoms with Crippen molar-refractivity contribution >= 4 is 17.1 Å². The quantitative estimate of drug-likeness (QED) is 0.700. The molecule has 28 heavy (non-hydrogen) atoms. The standard InChI is InChI=1S/C22H25N5O/c28-20(13-16-5-3-10-23-14-16)26-12-9-18(15-26)27-21(17-6-1-2-7-17)25-19-8-4-11-24-22(19)27/h3-5,8,10-11,14,17-18H,1-2,6-7,9,12-13,15H2. The summed E-state index contributed by atoms with van der Waals surface area (Å²) in [5.41, 5.74) is 2.91. The Balaban J connectivity index is 1.40. The highest BCUT2D eigenvalue weighted by molar-refractivity contribution is 5.79. The number of imidazole rings is 1. The molecule has 1 unspecified atom stereocenters. The number of likely N-dealkylation sites (tertiary alicyclic amines) is 1. The summed E-state index contributed by atoms with van der Waals surface area (Å²) in [6.07, 6.45) is 11.7. The molecule has 2 aliphatic rings. The van der Waals surface area contributed by atoms with Gasteiger partial charge in [-0.3, -0.25) is 9.78 Å². The minimum Gasteiger partial charge on any atom is -0.340 e. The summed E-state index contributed by atoms with van der Waals surface area (Å²) in [4.78, 5) is 28.5. The normalized spacial score (nSPS) is 20.3. The molecular formula is C22H25N5O. The van der Waals surface area contributed by atoms with Crippen molar-refractivity contribution in [3.05, 3.63) is 54.2 Å². The number of carbonyl (C=O) groups excluding carboxylic acids is 1. The Morgan fingerprint density at radius 2 is 1.96 bits per heavy atom. The molecule has 6 nitrogen and oxygen atoms in total. The van der Waals surface area contributed by atoms with E-state index in [1.165, 1.54) is 31.5 Å². The molecule has 0 radical (unpaired) electrons. The van der Waals surface area contributed by atoms with Crippen LogP contribution in [0.5, 0.6) is 0 Å². The number of fused-ring (bicyclic) bond motifs is 1. The topological polar surface area (TPSA) is 63.9 Å². The van der Waals surface area contributed by atoms with E-state index in [9.17, 15) is 4.79 Å². The minimum absolute atomic E-state index is 0.176. The Labute approximate surface area is 164 Å². The third kappa shape index (κ3) is 3.17. The van der Waals surface area contributed by atoms with Crippen LogP contribution >= 0.6 is 0 Å². The lowest BCUT2D eigenvalue weighted by atomic mass is 10.1. The molecule has 0 N–H and O–H groups in total. The minimum atomic E-state index is 0.176. The molecule has 1 saturated heterocycles. The van der Waals surface area contributed by atoms with E-state index in [2.05, 4.69) is 20.6 Å². The molecule has 1 amide bonds. The first-order valence-electron chi connectivity index (χ1n) is 10.3. The predicted molar refractivity (Wildman–Crippen MR) is 107 cm³/mol. The molecule has 4 heterocycles. The van der Waals surface area contributed by atoms with Gasteiger partial charge >= 0.3 is 0 Å². The van der Waals surface area contributed by atoms with Crippen molar-refractivity contribution in [3.8, 4) is 0 Å². The summed E-state index contributed by atoms with van der Waals surface area (Å²) >= 11 is 0. The van der Waals surface area contributed by atoms with E-state index in [0.29, 0.717) is 12.3 Å². The Hall–Kier alpha value is -2.76.